The molecule has 0 saturated heterocycles. The fourth-order valence-corrected chi connectivity index (χ4v) is 9.07. The quantitative estimate of drug-likeness (QED) is 0.0289. The van der Waals surface area contributed by atoms with Crippen molar-refractivity contribution in [1.82, 2.24) is 5.32 Å². The van der Waals surface area contributed by atoms with Crippen LogP contribution in [0.25, 0.3) is 10.4 Å². The Kier molecular flexibility index (Phi) is 31.5. The highest BCUT2D eigenvalue weighted by atomic mass is 32.2. The molecule has 5 atom stereocenters. The standard InChI is InChI=1S/C30H47NO6S.C16H25NO2S.C12H15N3O/c1-21(2)15-25(13-14-38(7,35)36)18-28(32)27(17-23(5)6)31-30(34)26(16-22(3)4)19-29(33)37-20-24-11-9-8-10-12-24;1-13(2)10-16(8-9-20(3,18)19)11-14-4-6-15(12-17)7-5-14;1-9(2)12(16)11(14-15-13)8-10-6-4-3-5-7-10/h8-14,21-23,25-27H,15-20H2,1-7H3,(H,31,34);4-9,13,16H,10-12,17H2,1-3H3;3-7,9,11H,8H2,1-2H3/b14-13+;9-8+;/t25-,26-,27+;16-;11-/m100/s1. The average molecular weight is 1060 g/mol. The van der Waals surface area contributed by atoms with E-state index < -0.39 is 43.6 Å². The van der Waals surface area contributed by atoms with E-state index in [0.717, 1.165) is 41.2 Å². The molecule has 0 spiro atoms. The molecule has 0 bridgehead atoms. The predicted octanol–water partition coefficient (Wildman–Crippen LogP) is 11.5. The Labute approximate surface area is 444 Å². The Morgan fingerprint density at radius 2 is 1.08 bits per heavy atom. The molecule has 0 heterocycles. The zero-order chi connectivity index (χ0) is 56.0. The van der Waals surface area contributed by atoms with Crippen LogP contribution in [0.3, 0.4) is 0 Å². The second-order valence-electron chi connectivity index (χ2n) is 21.3. The SMILES string of the molecule is CC(C)C(=O)[C@H](Cc1ccccc1)N=[N+]=[N-].CC(C)C[C@@H](/C=C/S(C)(=O)=O)CC(=O)[C@H](CC(C)C)NC(=O)[C@@H](CC(=O)OCc1ccccc1)CC(C)C.CC(C)C[C@H](/C=C/S(C)(=O)=O)Cc1ccc(CN)cc1. The minimum Gasteiger partial charge on any atom is -0.461 e. The van der Waals surface area contributed by atoms with Gasteiger partial charge >= 0.3 is 5.97 Å². The number of carbonyl (C=O) groups excluding carboxylic acids is 4. The molecule has 0 saturated carbocycles. The highest BCUT2D eigenvalue weighted by Crippen LogP contribution is 2.23. The third-order valence-electron chi connectivity index (χ3n) is 11.5. The van der Waals surface area contributed by atoms with Gasteiger partial charge in [0.05, 0.1) is 12.5 Å². The van der Waals surface area contributed by atoms with Gasteiger partial charge in [-0.25, -0.2) is 16.8 Å². The van der Waals surface area contributed by atoms with Gasteiger partial charge < -0.3 is 15.8 Å². The van der Waals surface area contributed by atoms with Crippen LogP contribution in [0.1, 0.15) is 130 Å². The molecular weight excluding hydrogens is 975 g/mol. The second kappa shape index (κ2) is 35.0. The summed E-state index contributed by atoms with van der Waals surface area (Å²) in [4.78, 5) is 53.8. The number of benzene rings is 3. The van der Waals surface area contributed by atoms with Gasteiger partial charge in [-0.05, 0) is 102 Å². The summed E-state index contributed by atoms with van der Waals surface area (Å²) in [6, 6.07) is 25.8. The predicted molar refractivity (Wildman–Crippen MR) is 300 cm³/mol. The molecule has 3 N–H and O–H groups in total. The highest BCUT2D eigenvalue weighted by molar-refractivity contribution is 7.93. The number of sulfone groups is 2. The minimum atomic E-state index is -3.31. The average Bonchev–Trinajstić information content (AvgIpc) is 3.31. The summed E-state index contributed by atoms with van der Waals surface area (Å²) >= 11 is 0. The van der Waals surface area contributed by atoms with Crippen molar-refractivity contribution < 1.29 is 40.8 Å². The first-order valence-electron chi connectivity index (χ1n) is 25.8. The monoisotopic (exact) mass is 1060 g/mol. The number of nitrogens with one attached hydrogen (secondary N) is 1. The van der Waals surface area contributed by atoms with Crippen molar-refractivity contribution in [2.24, 2.45) is 58.2 Å². The Hall–Kier alpha value is -5.41. The lowest BCUT2D eigenvalue weighted by molar-refractivity contribution is -0.148. The lowest BCUT2D eigenvalue weighted by Gasteiger charge is -2.25. The molecule has 0 fully saturated rings. The van der Waals surface area contributed by atoms with Crippen LogP contribution in [-0.4, -0.2) is 64.9 Å². The van der Waals surface area contributed by atoms with Crippen molar-refractivity contribution in [3.05, 3.63) is 141 Å². The molecule has 0 aliphatic heterocycles. The number of hydrogen-bond acceptors (Lipinski definition) is 11. The minimum absolute atomic E-state index is 0.0124. The van der Waals surface area contributed by atoms with Gasteiger partial charge in [-0.1, -0.05) is 171 Å². The van der Waals surface area contributed by atoms with Crippen molar-refractivity contribution in [3.63, 3.8) is 0 Å². The molecule has 3 aromatic rings. The van der Waals surface area contributed by atoms with Gasteiger partial charge in [0.25, 0.3) is 0 Å². The molecule has 16 heteroatoms. The summed E-state index contributed by atoms with van der Waals surface area (Å²) in [7, 11) is -6.37. The van der Waals surface area contributed by atoms with Crippen molar-refractivity contribution in [2.45, 2.75) is 146 Å². The van der Waals surface area contributed by atoms with Gasteiger partial charge in [-0.3, -0.25) is 19.2 Å². The summed E-state index contributed by atoms with van der Waals surface area (Å²) in [6.45, 7) is 20.6. The second-order valence-corrected chi connectivity index (χ2v) is 25.2. The molecule has 0 aromatic heterocycles. The first-order valence-corrected chi connectivity index (χ1v) is 29.7. The third-order valence-corrected chi connectivity index (χ3v) is 12.8. The number of carbonyl (C=O) groups is 4. The van der Waals surface area contributed by atoms with Crippen LogP contribution in [0.2, 0.25) is 0 Å². The summed E-state index contributed by atoms with van der Waals surface area (Å²) in [5.74, 6) is -0.534. The summed E-state index contributed by atoms with van der Waals surface area (Å²) in [5.41, 5.74) is 18.2. The van der Waals surface area contributed by atoms with Crippen LogP contribution in [-0.2, 0) is 69.6 Å². The maximum atomic E-state index is 13.4. The van der Waals surface area contributed by atoms with Crippen LogP contribution in [0, 0.1) is 47.3 Å². The number of esters is 1. The van der Waals surface area contributed by atoms with Crippen LogP contribution in [0.15, 0.2) is 113 Å². The summed E-state index contributed by atoms with van der Waals surface area (Å²) in [6.07, 6.45) is 9.75. The zero-order valence-corrected chi connectivity index (χ0v) is 47.8. The number of rotatable bonds is 29. The highest BCUT2D eigenvalue weighted by Gasteiger charge is 2.30. The smallest absolute Gasteiger partial charge is 0.306 e. The summed E-state index contributed by atoms with van der Waals surface area (Å²) in [5, 5.41) is 8.98. The Balaban J connectivity index is 0.000000630. The Morgan fingerprint density at radius 3 is 1.54 bits per heavy atom. The normalized spacial score (nSPS) is 13.9. The number of nitrogens with zero attached hydrogens (tertiary/aromatic N) is 3. The molecule has 410 valence electrons. The first-order chi connectivity index (χ1) is 34.6. The molecule has 3 aromatic carbocycles. The lowest BCUT2D eigenvalue weighted by atomic mass is 9.88. The molecule has 0 radical (unpaired) electrons. The van der Waals surface area contributed by atoms with E-state index in [-0.39, 0.29) is 72.4 Å². The van der Waals surface area contributed by atoms with Crippen molar-refractivity contribution >= 4 is 43.1 Å². The fraction of sp³-hybridized carbons (Fsp3) is 0.552. The van der Waals surface area contributed by atoms with E-state index in [0.29, 0.717) is 38.1 Å². The van der Waals surface area contributed by atoms with Gasteiger partial charge in [0.15, 0.2) is 25.5 Å². The van der Waals surface area contributed by atoms with Crippen LogP contribution in [0.4, 0.5) is 0 Å². The molecule has 3 rings (SSSR count). The van der Waals surface area contributed by atoms with Crippen molar-refractivity contribution in [1.29, 1.82) is 0 Å². The van der Waals surface area contributed by atoms with Gasteiger partial charge in [0.2, 0.25) is 5.91 Å². The van der Waals surface area contributed by atoms with Crippen LogP contribution < -0.4 is 11.1 Å². The Bertz CT molecular complexity index is 2470. The van der Waals surface area contributed by atoms with Crippen LogP contribution in [0.5, 0.6) is 0 Å². The largest absolute Gasteiger partial charge is 0.461 e. The number of amides is 1. The molecule has 74 heavy (non-hydrogen) atoms. The van der Waals surface area contributed by atoms with Crippen molar-refractivity contribution in [2.75, 3.05) is 12.5 Å². The van der Waals surface area contributed by atoms with Gasteiger partial charge in [-0.15, -0.1) is 0 Å². The molecule has 0 aliphatic carbocycles. The van der Waals surface area contributed by atoms with Gasteiger partial charge in [0, 0.05) is 53.0 Å². The summed E-state index contributed by atoms with van der Waals surface area (Å²) < 4.78 is 51.2. The van der Waals surface area contributed by atoms with E-state index in [1.54, 1.807) is 6.08 Å². The maximum absolute atomic E-state index is 13.4. The van der Waals surface area contributed by atoms with Crippen molar-refractivity contribution in [3.8, 4) is 0 Å². The number of Topliss-reactive ketones (excluding diaryl/α,β-unsaturated/α-hetero) is 2. The molecule has 14 nitrogen and oxygen atoms in total. The lowest BCUT2D eigenvalue weighted by Crippen LogP contribution is -2.45. The zero-order valence-electron chi connectivity index (χ0n) is 46.1. The van der Waals surface area contributed by atoms with Gasteiger partial charge in [0.1, 0.15) is 18.4 Å². The van der Waals surface area contributed by atoms with Crippen LogP contribution >= 0.6 is 0 Å². The molecular formula is C58H87N5O9S2. The number of allylic oxidation sites excluding steroid dienone is 2. The number of ketones is 2. The van der Waals surface area contributed by atoms with E-state index in [1.165, 1.54) is 17.2 Å². The van der Waals surface area contributed by atoms with E-state index in [4.69, 9.17) is 16.0 Å². The topological polar surface area (TPSA) is 233 Å². The molecule has 0 aliphatic rings. The molecule has 0 unspecified atom stereocenters. The van der Waals surface area contributed by atoms with E-state index in [1.807, 2.05) is 134 Å². The number of nitrogens with two attached hydrogens (primary N) is 1. The third kappa shape index (κ3) is 32.0. The van der Waals surface area contributed by atoms with Gasteiger partial charge in [-0.2, -0.15) is 0 Å². The number of azide groups is 1. The Morgan fingerprint density at radius 1 is 0.622 bits per heavy atom. The fourth-order valence-electron chi connectivity index (χ4n) is 8.06. The number of hydrogen-bond donors (Lipinski definition) is 2. The van der Waals surface area contributed by atoms with E-state index in [9.17, 15) is 36.0 Å². The first kappa shape index (κ1) is 66.6. The number of ether oxygens (including phenoxy) is 1. The maximum Gasteiger partial charge on any atom is 0.306 e. The molecule has 1 amide bonds. The van der Waals surface area contributed by atoms with E-state index in [2.05, 4.69) is 41.3 Å². The van der Waals surface area contributed by atoms with E-state index >= 15 is 0 Å².